The molecule has 2 heterocycles. The van der Waals surface area contributed by atoms with E-state index in [1.807, 2.05) is 0 Å². The van der Waals surface area contributed by atoms with Crippen LogP contribution in [0.5, 0.6) is 0 Å². The number of methoxy groups -OCH3 is 1. The minimum atomic E-state index is -0.0154. The number of hydrogen-bond donors (Lipinski definition) is 1. The lowest BCUT2D eigenvalue weighted by molar-refractivity contribution is 0.161. The van der Waals surface area contributed by atoms with Gasteiger partial charge >= 0.3 is 0 Å². The van der Waals surface area contributed by atoms with Gasteiger partial charge in [-0.05, 0) is 6.42 Å². The lowest BCUT2D eigenvalue weighted by Crippen LogP contribution is -2.21. The van der Waals surface area contributed by atoms with E-state index in [1.54, 1.807) is 18.4 Å². The summed E-state index contributed by atoms with van der Waals surface area (Å²) in [6.07, 6.45) is 1.16. The topological polar surface area (TPSA) is 45.6 Å². The molecule has 108 valence electrons. The van der Waals surface area contributed by atoms with Crippen molar-refractivity contribution in [2.75, 3.05) is 31.7 Å². The fourth-order valence-electron chi connectivity index (χ4n) is 2.55. The van der Waals surface area contributed by atoms with Gasteiger partial charge in [-0.25, -0.2) is 4.98 Å². The van der Waals surface area contributed by atoms with Gasteiger partial charge in [-0.1, -0.05) is 32.1 Å². The first-order valence-electron chi connectivity index (χ1n) is 6.80. The van der Waals surface area contributed by atoms with Crippen LogP contribution in [-0.4, -0.2) is 36.9 Å². The number of aliphatic hydroxyl groups is 1. The van der Waals surface area contributed by atoms with Crippen LogP contribution in [0.15, 0.2) is 0 Å². The summed E-state index contributed by atoms with van der Waals surface area (Å²) < 4.78 is 5.23. The first kappa shape index (κ1) is 14.8. The van der Waals surface area contributed by atoms with Crippen LogP contribution in [0.3, 0.4) is 0 Å². The number of thiazole rings is 1. The lowest BCUT2D eigenvalue weighted by Gasteiger charge is -2.17. The molecule has 1 saturated heterocycles. The van der Waals surface area contributed by atoms with E-state index in [9.17, 15) is 5.11 Å². The summed E-state index contributed by atoms with van der Waals surface area (Å²) in [5.41, 5.74) is 1.02. The van der Waals surface area contributed by atoms with Gasteiger partial charge in [-0.15, -0.1) is 0 Å². The second-order valence-corrected chi connectivity index (χ2v) is 7.29. The average Bonchev–Trinajstić information content (AvgIpc) is 2.93. The molecular weight excluding hydrogens is 260 g/mol. The Morgan fingerprint density at radius 2 is 2.21 bits per heavy atom. The quantitative estimate of drug-likeness (QED) is 0.922. The van der Waals surface area contributed by atoms with Crippen LogP contribution in [0.4, 0.5) is 5.13 Å². The van der Waals surface area contributed by atoms with E-state index in [1.165, 1.54) is 0 Å². The Morgan fingerprint density at radius 1 is 1.47 bits per heavy atom. The maximum Gasteiger partial charge on any atom is 0.185 e. The van der Waals surface area contributed by atoms with E-state index >= 15 is 0 Å². The Morgan fingerprint density at radius 3 is 2.74 bits per heavy atom. The molecule has 1 unspecified atom stereocenters. The van der Waals surface area contributed by atoms with Crippen molar-refractivity contribution >= 4 is 16.5 Å². The predicted molar refractivity (Wildman–Crippen MR) is 78.9 cm³/mol. The number of aliphatic hydroxyl groups excluding tert-OH is 1. The summed E-state index contributed by atoms with van der Waals surface area (Å²) in [5.74, 6) is 0.601. The Balaban J connectivity index is 2.16. The summed E-state index contributed by atoms with van der Waals surface area (Å²) in [6, 6.07) is 0. The molecule has 2 rings (SSSR count). The minimum Gasteiger partial charge on any atom is -0.391 e. The highest BCUT2D eigenvalue weighted by Gasteiger charge is 2.28. The molecule has 0 aliphatic carbocycles. The van der Waals surface area contributed by atoms with Gasteiger partial charge in [0.15, 0.2) is 5.13 Å². The first-order chi connectivity index (χ1) is 8.95. The van der Waals surface area contributed by atoms with E-state index in [4.69, 9.17) is 9.72 Å². The van der Waals surface area contributed by atoms with Gasteiger partial charge in [0.05, 0.1) is 23.8 Å². The summed E-state index contributed by atoms with van der Waals surface area (Å²) >= 11 is 1.63. The Bertz CT molecular complexity index is 426. The molecule has 1 aromatic heterocycles. The highest BCUT2D eigenvalue weighted by molar-refractivity contribution is 7.15. The monoisotopic (exact) mass is 284 g/mol. The lowest BCUT2D eigenvalue weighted by atomic mass is 9.91. The molecule has 0 radical (unpaired) electrons. The summed E-state index contributed by atoms with van der Waals surface area (Å²) in [4.78, 5) is 8.09. The van der Waals surface area contributed by atoms with Crippen LogP contribution in [0.2, 0.25) is 0 Å². The van der Waals surface area contributed by atoms with Crippen molar-refractivity contribution in [3.05, 3.63) is 10.6 Å². The van der Waals surface area contributed by atoms with Crippen LogP contribution in [-0.2, 0) is 16.8 Å². The smallest absolute Gasteiger partial charge is 0.185 e. The van der Waals surface area contributed by atoms with Gasteiger partial charge in [-0.2, -0.15) is 0 Å². The SMILES string of the molecule is COCC1CCN(c2nc(C(C)(C)C)c(CO)s2)C1. The highest BCUT2D eigenvalue weighted by Crippen LogP contribution is 2.35. The number of rotatable bonds is 4. The number of anilines is 1. The standard InChI is InChI=1S/C14H24N2O2S/c1-14(2,3)12-11(8-17)19-13(15-12)16-6-5-10(7-16)9-18-4/h10,17H,5-9H2,1-4H3. The molecule has 1 aliphatic rings. The average molecular weight is 284 g/mol. The van der Waals surface area contributed by atoms with Crippen molar-refractivity contribution in [2.45, 2.75) is 39.2 Å². The number of nitrogens with zero attached hydrogens (tertiary/aromatic N) is 2. The van der Waals surface area contributed by atoms with Crippen LogP contribution >= 0.6 is 11.3 Å². The van der Waals surface area contributed by atoms with Gasteiger partial charge in [0, 0.05) is 31.5 Å². The summed E-state index contributed by atoms with van der Waals surface area (Å²) in [5, 5.41) is 10.6. The largest absolute Gasteiger partial charge is 0.391 e. The maximum atomic E-state index is 9.51. The molecular formula is C14H24N2O2S. The van der Waals surface area contributed by atoms with Gasteiger partial charge in [0.2, 0.25) is 0 Å². The van der Waals surface area contributed by atoms with E-state index < -0.39 is 0 Å². The fourth-order valence-corrected chi connectivity index (χ4v) is 3.71. The van der Waals surface area contributed by atoms with Gasteiger partial charge in [0.1, 0.15) is 0 Å². The minimum absolute atomic E-state index is 0.0154. The van der Waals surface area contributed by atoms with E-state index in [0.29, 0.717) is 5.92 Å². The van der Waals surface area contributed by atoms with Crippen molar-refractivity contribution in [1.29, 1.82) is 0 Å². The third-order valence-corrected chi connectivity index (χ3v) is 4.60. The first-order valence-corrected chi connectivity index (χ1v) is 7.62. The van der Waals surface area contributed by atoms with Gasteiger partial charge < -0.3 is 14.7 Å². The van der Waals surface area contributed by atoms with Crippen LogP contribution < -0.4 is 4.90 Å². The van der Waals surface area contributed by atoms with Crippen molar-refractivity contribution in [1.82, 2.24) is 4.98 Å². The maximum absolute atomic E-state index is 9.51. The molecule has 0 amide bonds. The van der Waals surface area contributed by atoms with Crippen LogP contribution in [0.1, 0.15) is 37.8 Å². The number of ether oxygens (including phenoxy) is 1. The van der Waals surface area contributed by atoms with Crippen molar-refractivity contribution in [3.63, 3.8) is 0 Å². The zero-order valence-corrected chi connectivity index (χ0v) is 13.1. The second-order valence-electron chi connectivity index (χ2n) is 6.23. The molecule has 19 heavy (non-hydrogen) atoms. The van der Waals surface area contributed by atoms with E-state index in [-0.39, 0.29) is 12.0 Å². The van der Waals surface area contributed by atoms with Crippen molar-refractivity contribution in [2.24, 2.45) is 5.92 Å². The molecule has 4 nitrogen and oxygen atoms in total. The Labute approximate surface area is 119 Å². The van der Waals surface area contributed by atoms with E-state index in [2.05, 4.69) is 25.7 Å². The molecule has 1 aromatic rings. The zero-order chi connectivity index (χ0) is 14.0. The molecule has 1 aliphatic heterocycles. The van der Waals surface area contributed by atoms with Gasteiger partial charge in [0.25, 0.3) is 0 Å². The molecule has 1 atom stereocenters. The fraction of sp³-hybridized carbons (Fsp3) is 0.786. The van der Waals surface area contributed by atoms with Crippen LogP contribution in [0.25, 0.3) is 0 Å². The molecule has 0 bridgehead atoms. The summed E-state index contributed by atoms with van der Waals surface area (Å²) in [7, 11) is 1.76. The number of aromatic nitrogens is 1. The van der Waals surface area contributed by atoms with Gasteiger partial charge in [-0.3, -0.25) is 0 Å². The molecule has 1 fully saturated rings. The van der Waals surface area contributed by atoms with E-state index in [0.717, 1.165) is 41.8 Å². The molecule has 0 spiro atoms. The Hall–Kier alpha value is -0.650. The van der Waals surface area contributed by atoms with Crippen LogP contribution in [0, 0.1) is 5.92 Å². The third kappa shape index (κ3) is 3.27. The molecule has 5 heteroatoms. The number of hydrogen-bond acceptors (Lipinski definition) is 5. The molecule has 1 N–H and O–H groups in total. The summed E-state index contributed by atoms with van der Waals surface area (Å²) in [6.45, 7) is 9.38. The second kappa shape index (κ2) is 5.77. The van der Waals surface area contributed by atoms with Crippen molar-refractivity contribution < 1.29 is 9.84 Å². The zero-order valence-electron chi connectivity index (χ0n) is 12.3. The van der Waals surface area contributed by atoms with Crippen molar-refractivity contribution in [3.8, 4) is 0 Å². The molecule has 0 aromatic carbocycles. The predicted octanol–water partition coefficient (Wildman–Crippen LogP) is 2.41. The normalized spacial score (nSPS) is 20.3. The molecule has 0 saturated carbocycles. The highest BCUT2D eigenvalue weighted by atomic mass is 32.1. The Kier molecular flexibility index (Phi) is 4.48. The third-order valence-electron chi connectivity index (χ3n) is 3.50.